The Bertz CT molecular complexity index is 623. The van der Waals surface area contributed by atoms with Crippen LogP contribution in [0.25, 0.3) is 11.4 Å². The van der Waals surface area contributed by atoms with Crippen molar-refractivity contribution in [2.24, 2.45) is 0 Å². The number of nitrogens with one attached hydrogen (secondary N) is 1. The van der Waals surface area contributed by atoms with Gasteiger partial charge in [-0.15, -0.1) is 0 Å². The van der Waals surface area contributed by atoms with Crippen LogP contribution in [0.5, 0.6) is 0 Å². The van der Waals surface area contributed by atoms with E-state index in [-0.39, 0.29) is 30.0 Å². The van der Waals surface area contributed by atoms with Gasteiger partial charge in [0.15, 0.2) is 0 Å². The van der Waals surface area contributed by atoms with Gasteiger partial charge in [-0.3, -0.25) is 4.79 Å². The normalized spacial score (nSPS) is 10.6. The van der Waals surface area contributed by atoms with Crippen molar-refractivity contribution >= 4 is 0 Å². The van der Waals surface area contributed by atoms with Crippen LogP contribution in [0, 0.1) is 12.7 Å². The molecule has 5 heteroatoms. The lowest BCUT2D eigenvalue weighted by atomic mass is 10.1. The Kier molecular flexibility index (Phi) is 3.53. The number of rotatable bonds is 3. The van der Waals surface area contributed by atoms with Crippen molar-refractivity contribution in [1.29, 1.82) is 0 Å². The smallest absolute Gasteiger partial charge is 0.254 e. The topological polar surface area (TPSA) is 66.0 Å². The van der Waals surface area contributed by atoms with Crippen LogP contribution >= 0.6 is 0 Å². The second-order valence-electron chi connectivity index (χ2n) is 3.93. The van der Waals surface area contributed by atoms with Crippen molar-refractivity contribution < 1.29 is 9.50 Å². The zero-order chi connectivity index (χ0) is 13.1. The summed E-state index contributed by atoms with van der Waals surface area (Å²) in [5, 5.41) is 8.86. The van der Waals surface area contributed by atoms with Gasteiger partial charge in [0, 0.05) is 24.3 Å². The van der Waals surface area contributed by atoms with Gasteiger partial charge >= 0.3 is 0 Å². The molecule has 0 saturated carbocycles. The largest absolute Gasteiger partial charge is 0.396 e. The zero-order valence-corrected chi connectivity index (χ0v) is 9.90. The number of hydrogen-bond donors (Lipinski definition) is 2. The summed E-state index contributed by atoms with van der Waals surface area (Å²) in [5.41, 5.74) is 0.853. The monoisotopic (exact) mass is 248 g/mol. The Hall–Kier alpha value is -2.01. The van der Waals surface area contributed by atoms with Gasteiger partial charge in [0.2, 0.25) is 0 Å². The number of benzene rings is 1. The fourth-order valence-corrected chi connectivity index (χ4v) is 1.80. The van der Waals surface area contributed by atoms with E-state index in [9.17, 15) is 9.18 Å². The molecule has 0 unspecified atom stereocenters. The summed E-state index contributed by atoms with van der Waals surface area (Å²) in [5.74, 6) is -0.229. The van der Waals surface area contributed by atoms with Crippen molar-refractivity contribution in [1.82, 2.24) is 9.97 Å². The molecule has 0 aliphatic heterocycles. The van der Waals surface area contributed by atoms with Gasteiger partial charge in [0.25, 0.3) is 5.56 Å². The minimum Gasteiger partial charge on any atom is -0.396 e. The van der Waals surface area contributed by atoms with Crippen LogP contribution in [0.4, 0.5) is 4.39 Å². The van der Waals surface area contributed by atoms with Crippen molar-refractivity contribution in [3.8, 4) is 11.4 Å². The van der Waals surface area contributed by atoms with Crippen LogP contribution < -0.4 is 5.56 Å². The van der Waals surface area contributed by atoms with Crippen LogP contribution in [0.2, 0.25) is 0 Å². The average Bonchev–Trinajstić information content (AvgIpc) is 2.34. The minimum atomic E-state index is -0.435. The fraction of sp³-hybridized carbons (Fsp3) is 0.231. The SMILES string of the molecule is Cc1nc(-c2ccccc2F)[nH]c(=O)c1CCO. The van der Waals surface area contributed by atoms with E-state index in [1.165, 1.54) is 6.07 Å². The molecular formula is C13H13FN2O2. The van der Waals surface area contributed by atoms with E-state index in [0.29, 0.717) is 11.3 Å². The first-order chi connectivity index (χ1) is 8.63. The maximum absolute atomic E-state index is 13.6. The lowest BCUT2D eigenvalue weighted by molar-refractivity contribution is 0.298. The number of nitrogens with zero attached hydrogens (tertiary/aromatic N) is 1. The molecule has 1 heterocycles. The van der Waals surface area contributed by atoms with E-state index in [0.717, 1.165) is 0 Å². The molecular weight excluding hydrogens is 235 g/mol. The van der Waals surface area contributed by atoms with Crippen LogP contribution in [0.3, 0.4) is 0 Å². The molecule has 2 N–H and O–H groups in total. The van der Waals surface area contributed by atoms with Crippen LogP contribution in [-0.4, -0.2) is 21.7 Å². The van der Waals surface area contributed by atoms with Gasteiger partial charge in [0.05, 0.1) is 5.56 Å². The van der Waals surface area contributed by atoms with Gasteiger partial charge in [-0.05, 0) is 19.1 Å². The van der Waals surface area contributed by atoms with Crippen molar-refractivity contribution in [2.45, 2.75) is 13.3 Å². The zero-order valence-electron chi connectivity index (χ0n) is 9.90. The first-order valence-electron chi connectivity index (χ1n) is 5.59. The van der Waals surface area contributed by atoms with E-state index >= 15 is 0 Å². The third-order valence-corrected chi connectivity index (χ3v) is 2.71. The third-order valence-electron chi connectivity index (χ3n) is 2.71. The number of aliphatic hydroxyl groups is 1. The number of aromatic amines is 1. The lowest BCUT2D eigenvalue weighted by Crippen LogP contribution is -2.18. The van der Waals surface area contributed by atoms with E-state index in [1.807, 2.05) is 0 Å². The number of aliphatic hydroxyl groups excluding tert-OH is 1. The molecule has 0 fully saturated rings. The molecule has 0 aliphatic rings. The molecule has 0 atom stereocenters. The molecule has 18 heavy (non-hydrogen) atoms. The van der Waals surface area contributed by atoms with Crippen molar-refractivity contribution in [2.75, 3.05) is 6.61 Å². The molecule has 2 rings (SSSR count). The van der Waals surface area contributed by atoms with Crippen molar-refractivity contribution in [3.63, 3.8) is 0 Å². The lowest BCUT2D eigenvalue weighted by Gasteiger charge is -2.06. The highest BCUT2D eigenvalue weighted by atomic mass is 19.1. The molecule has 4 nitrogen and oxygen atoms in total. The quantitative estimate of drug-likeness (QED) is 0.863. The second-order valence-corrected chi connectivity index (χ2v) is 3.93. The van der Waals surface area contributed by atoms with Crippen LogP contribution in [0.1, 0.15) is 11.3 Å². The summed E-state index contributed by atoms with van der Waals surface area (Å²) in [7, 11) is 0. The van der Waals surface area contributed by atoms with E-state index in [2.05, 4.69) is 9.97 Å². The van der Waals surface area contributed by atoms with E-state index in [1.54, 1.807) is 25.1 Å². The Morgan fingerprint density at radius 3 is 2.72 bits per heavy atom. The Balaban J connectivity index is 2.55. The fourth-order valence-electron chi connectivity index (χ4n) is 1.80. The molecule has 2 aromatic rings. The molecule has 94 valence electrons. The highest BCUT2D eigenvalue weighted by Crippen LogP contribution is 2.18. The molecule has 0 amide bonds. The van der Waals surface area contributed by atoms with Crippen LogP contribution in [0.15, 0.2) is 29.1 Å². The predicted octanol–water partition coefficient (Wildman–Crippen LogP) is 1.42. The first-order valence-corrected chi connectivity index (χ1v) is 5.59. The Labute approximate surface area is 103 Å². The molecule has 1 aromatic heterocycles. The Morgan fingerprint density at radius 1 is 1.39 bits per heavy atom. The van der Waals surface area contributed by atoms with Gasteiger partial charge in [0.1, 0.15) is 11.6 Å². The van der Waals surface area contributed by atoms with E-state index in [4.69, 9.17) is 5.11 Å². The highest BCUT2D eigenvalue weighted by Gasteiger charge is 2.11. The number of aromatic nitrogens is 2. The van der Waals surface area contributed by atoms with Crippen molar-refractivity contribution in [3.05, 3.63) is 51.7 Å². The minimum absolute atomic E-state index is 0.120. The molecule has 0 radical (unpaired) electrons. The van der Waals surface area contributed by atoms with Gasteiger partial charge in [-0.1, -0.05) is 12.1 Å². The first kappa shape index (κ1) is 12.4. The standard InChI is InChI=1S/C13H13FN2O2/c1-8-9(6-7-17)13(18)16-12(15-8)10-4-2-3-5-11(10)14/h2-5,17H,6-7H2,1H3,(H,15,16,18). The summed E-state index contributed by atoms with van der Waals surface area (Å²) < 4.78 is 13.6. The summed E-state index contributed by atoms with van der Waals surface area (Å²) >= 11 is 0. The summed E-state index contributed by atoms with van der Waals surface area (Å²) in [6.45, 7) is 1.55. The number of hydrogen-bond acceptors (Lipinski definition) is 3. The van der Waals surface area contributed by atoms with Crippen LogP contribution in [-0.2, 0) is 6.42 Å². The molecule has 0 saturated heterocycles. The second kappa shape index (κ2) is 5.10. The highest BCUT2D eigenvalue weighted by molar-refractivity contribution is 5.55. The van der Waals surface area contributed by atoms with E-state index < -0.39 is 5.82 Å². The molecule has 1 aromatic carbocycles. The van der Waals surface area contributed by atoms with Gasteiger partial charge in [-0.25, -0.2) is 9.37 Å². The van der Waals surface area contributed by atoms with Gasteiger partial charge in [-0.2, -0.15) is 0 Å². The summed E-state index contributed by atoms with van der Waals surface area (Å²) in [6, 6.07) is 6.12. The predicted molar refractivity (Wildman–Crippen MR) is 65.8 cm³/mol. The summed E-state index contributed by atoms with van der Waals surface area (Å²) in [4.78, 5) is 18.5. The number of aryl methyl sites for hydroxylation is 1. The number of H-pyrrole nitrogens is 1. The summed E-state index contributed by atoms with van der Waals surface area (Å²) in [6.07, 6.45) is 0.242. The maximum Gasteiger partial charge on any atom is 0.254 e. The average molecular weight is 248 g/mol. The molecule has 0 spiro atoms. The third kappa shape index (κ3) is 2.31. The maximum atomic E-state index is 13.6. The molecule has 0 bridgehead atoms. The number of halogens is 1. The molecule has 0 aliphatic carbocycles. The van der Waals surface area contributed by atoms with Gasteiger partial charge < -0.3 is 10.1 Å². The Morgan fingerprint density at radius 2 is 2.11 bits per heavy atom.